The van der Waals surface area contributed by atoms with Gasteiger partial charge in [-0.2, -0.15) is 10.4 Å². The van der Waals surface area contributed by atoms with Gasteiger partial charge in [0.1, 0.15) is 23.1 Å². The number of piperazine rings is 1. The molecule has 0 amide bonds. The SMILES string of the molecule is [C-]#[N+]c1ccc2c(n1)c(N1CCN(C(c3ccc(F)cc3)c3cnn(C)c3)[C@H](C)C1)c(C#N)c(=O)n2C. The first kappa shape index (κ1) is 24.2. The maximum absolute atomic E-state index is 13.7. The minimum absolute atomic E-state index is 0.00120. The Hall–Kier alpha value is -4.54. The predicted molar refractivity (Wildman–Crippen MR) is 138 cm³/mol. The van der Waals surface area contributed by atoms with E-state index in [4.69, 9.17) is 6.57 Å². The van der Waals surface area contributed by atoms with Crippen LogP contribution in [0.5, 0.6) is 0 Å². The van der Waals surface area contributed by atoms with E-state index >= 15 is 0 Å². The van der Waals surface area contributed by atoms with Crippen LogP contribution in [-0.2, 0) is 14.1 Å². The van der Waals surface area contributed by atoms with Crippen LogP contribution in [0.25, 0.3) is 15.9 Å². The molecule has 0 N–H and O–H groups in total. The Balaban J connectivity index is 1.56. The summed E-state index contributed by atoms with van der Waals surface area (Å²) >= 11 is 0. The Bertz CT molecular complexity index is 1630. The molecule has 1 saturated heterocycles. The Morgan fingerprint density at radius 1 is 1.16 bits per heavy atom. The molecule has 1 aliphatic heterocycles. The van der Waals surface area contributed by atoms with Gasteiger partial charge in [0.15, 0.2) is 0 Å². The van der Waals surface area contributed by atoms with Crippen molar-refractivity contribution in [3.8, 4) is 6.07 Å². The lowest BCUT2D eigenvalue weighted by Gasteiger charge is -2.44. The van der Waals surface area contributed by atoms with E-state index in [9.17, 15) is 14.4 Å². The Kier molecular flexibility index (Phi) is 6.20. The zero-order valence-corrected chi connectivity index (χ0v) is 20.8. The number of pyridine rings is 2. The monoisotopic (exact) mass is 496 g/mol. The number of nitriles is 1. The standard InChI is InChI=1S/C27H25FN8O/c1-17-15-35(26-21(13-29)27(37)34(4)22-9-10-23(30-2)32-24(22)26)11-12-36(17)25(19-14-31-33(3)16-19)18-5-7-20(28)8-6-18/h5-10,14,16-17,25H,11-12,15H2,1,3-4H3/t17-,25?/m1/s1. The van der Waals surface area contributed by atoms with Gasteiger partial charge in [0.05, 0.1) is 17.8 Å². The van der Waals surface area contributed by atoms with E-state index < -0.39 is 5.56 Å². The lowest BCUT2D eigenvalue weighted by Crippen LogP contribution is -2.53. The summed E-state index contributed by atoms with van der Waals surface area (Å²) in [5.74, 6) is -0.0877. The van der Waals surface area contributed by atoms with Crippen LogP contribution in [0.1, 0.15) is 29.7 Å². The molecule has 1 fully saturated rings. The predicted octanol–water partition coefficient (Wildman–Crippen LogP) is 3.53. The van der Waals surface area contributed by atoms with Crippen LogP contribution in [0, 0.1) is 23.7 Å². The minimum atomic E-state index is -0.392. The lowest BCUT2D eigenvalue weighted by molar-refractivity contribution is 0.150. The zero-order chi connectivity index (χ0) is 26.3. The van der Waals surface area contributed by atoms with Gasteiger partial charge in [-0.1, -0.05) is 18.7 Å². The Morgan fingerprint density at radius 3 is 2.54 bits per heavy atom. The van der Waals surface area contributed by atoms with Crippen molar-refractivity contribution in [2.45, 2.75) is 19.0 Å². The second-order valence-corrected chi connectivity index (χ2v) is 9.28. The molecule has 0 saturated carbocycles. The number of aromatic nitrogens is 4. The summed E-state index contributed by atoms with van der Waals surface area (Å²) in [7, 11) is 3.47. The number of benzene rings is 1. The van der Waals surface area contributed by atoms with Gasteiger partial charge in [-0.3, -0.25) is 14.4 Å². The molecule has 5 rings (SSSR count). The van der Waals surface area contributed by atoms with E-state index in [0.29, 0.717) is 36.4 Å². The van der Waals surface area contributed by atoms with Crippen molar-refractivity contribution in [3.05, 3.63) is 93.1 Å². The number of halogens is 1. The number of anilines is 1. The molecule has 10 heteroatoms. The topological polar surface area (TPSA) is 87.3 Å². The second kappa shape index (κ2) is 9.49. The highest BCUT2D eigenvalue weighted by Gasteiger charge is 2.35. The fourth-order valence-corrected chi connectivity index (χ4v) is 5.21. The number of hydrogen-bond acceptors (Lipinski definition) is 6. The van der Waals surface area contributed by atoms with Crippen molar-refractivity contribution in [2.24, 2.45) is 14.1 Å². The molecule has 4 aromatic rings. The Labute approximate surface area is 213 Å². The average Bonchev–Trinajstić information content (AvgIpc) is 3.33. The van der Waals surface area contributed by atoms with Gasteiger partial charge in [-0.15, -0.1) is 4.98 Å². The molecule has 37 heavy (non-hydrogen) atoms. The molecular formula is C27H25FN8O. The molecular weight excluding hydrogens is 471 g/mol. The largest absolute Gasteiger partial charge is 0.364 e. The molecule has 1 unspecified atom stereocenters. The summed E-state index contributed by atoms with van der Waals surface area (Å²) in [5, 5.41) is 14.3. The summed E-state index contributed by atoms with van der Waals surface area (Å²) in [6, 6.07) is 11.7. The van der Waals surface area contributed by atoms with Gasteiger partial charge in [0, 0.05) is 51.5 Å². The number of hydrogen-bond donors (Lipinski definition) is 0. The van der Waals surface area contributed by atoms with Crippen LogP contribution in [0.15, 0.2) is 53.6 Å². The smallest absolute Gasteiger partial charge is 0.271 e. The molecule has 186 valence electrons. The third kappa shape index (κ3) is 4.22. The maximum atomic E-state index is 13.7. The van der Waals surface area contributed by atoms with E-state index in [1.165, 1.54) is 16.7 Å². The molecule has 4 heterocycles. The zero-order valence-electron chi connectivity index (χ0n) is 20.8. The number of rotatable bonds is 4. The molecule has 1 aliphatic rings. The van der Waals surface area contributed by atoms with E-state index in [-0.39, 0.29) is 29.3 Å². The van der Waals surface area contributed by atoms with Gasteiger partial charge in [-0.05, 0) is 36.8 Å². The molecule has 2 atom stereocenters. The van der Waals surface area contributed by atoms with Gasteiger partial charge in [0.25, 0.3) is 11.4 Å². The van der Waals surface area contributed by atoms with Crippen molar-refractivity contribution < 1.29 is 4.39 Å². The van der Waals surface area contributed by atoms with Crippen molar-refractivity contribution >= 4 is 22.5 Å². The van der Waals surface area contributed by atoms with E-state index in [1.54, 1.807) is 36.0 Å². The molecule has 0 bridgehead atoms. The van der Waals surface area contributed by atoms with E-state index in [0.717, 1.165) is 11.1 Å². The van der Waals surface area contributed by atoms with Gasteiger partial charge < -0.3 is 14.3 Å². The Morgan fingerprint density at radius 2 is 1.92 bits per heavy atom. The molecule has 0 aliphatic carbocycles. The second-order valence-electron chi connectivity index (χ2n) is 9.28. The maximum Gasteiger partial charge on any atom is 0.271 e. The summed E-state index contributed by atoms with van der Waals surface area (Å²) in [5.41, 5.74) is 3.09. The minimum Gasteiger partial charge on any atom is -0.364 e. The van der Waals surface area contributed by atoms with Crippen molar-refractivity contribution in [3.63, 3.8) is 0 Å². The third-order valence-corrected chi connectivity index (χ3v) is 6.98. The molecule has 9 nitrogen and oxygen atoms in total. The molecule has 0 radical (unpaired) electrons. The fourth-order valence-electron chi connectivity index (χ4n) is 5.21. The summed E-state index contributed by atoms with van der Waals surface area (Å²) in [4.78, 5) is 25.4. The van der Waals surface area contributed by atoms with Crippen LogP contribution >= 0.6 is 0 Å². The van der Waals surface area contributed by atoms with E-state index in [1.807, 2.05) is 24.3 Å². The first-order chi connectivity index (χ1) is 17.8. The normalized spacial score (nSPS) is 16.9. The number of fused-ring (bicyclic) bond motifs is 1. The highest BCUT2D eigenvalue weighted by Crippen LogP contribution is 2.35. The number of nitrogens with zero attached hydrogens (tertiary/aromatic N) is 8. The summed E-state index contributed by atoms with van der Waals surface area (Å²) in [6.07, 6.45) is 3.79. The van der Waals surface area contributed by atoms with Gasteiger partial charge >= 0.3 is 0 Å². The van der Waals surface area contributed by atoms with Crippen LogP contribution < -0.4 is 10.5 Å². The lowest BCUT2D eigenvalue weighted by atomic mass is 9.96. The van der Waals surface area contributed by atoms with Crippen LogP contribution in [0.4, 0.5) is 15.9 Å². The van der Waals surface area contributed by atoms with Crippen LogP contribution in [0.3, 0.4) is 0 Å². The van der Waals surface area contributed by atoms with Gasteiger partial charge in [-0.25, -0.2) is 4.39 Å². The van der Waals surface area contributed by atoms with Crippen molar-refractivity contribution in [1.82, 2.24) is 24.2 Å². The first-order valence-electron chi connectivity index (χ1n) is 11.9. The highest BCUT2D eigenvalue weighted by molar-refractivity contribution is 5.92. The summed E-state index contributed by atoms with van der Waals surface area (Å²) in [6.45, 7) is 11.2. The molecule has 3 aromatic heterocycles. The van der Waals surface area contributed by atoms with Gasteiger partial charge in [0.2, 0.25) is 5.52 Å². The molecule has 0 spiro atoms. The van der Waals surface area contributed by atoms with Crippen LogP contribution in [0.2, 0.25) is 0 Å². The van der Waals surface area contributed by atoms with Crippen molar-refractivity contribution in [1.29, 1.82) is 5.26 Å². The van der Waals surface area contributed by atoms with Crippen LogP contribution in [-0.4, -0.2) is 49.9 Å². The first-order valence-corrected chi connectivity index (χ1v) is 11.9. The number of aryl methyl sites for hydroxylation is 2. The average molecular weight is 497 g/mol. The van der Waals surface area contributed by atoms with E-state index in [2.05, 4.69) is 32.8 Å². The molecule has 1 aromatic carbocycles. The third-order valence-electron chi connectivity index (χ3n) is 6.98. The van der Waals surface area contributed by atoms with Crippen molar-refractivity contribution in [2.75, 3.05) is 24.5 Å². The highest BCUT2D eigenvalue weighted by atomic mass is 19.1. The summed E-state index contributed by atoms with van der Waals surface area (Å²) < 4.78 is 16.9. The quantitative estimate of drug-likeness (QED) is 0.402. The fraction of sp³-hybridized carbons (Fsp3) is 0.296.